The van der Waals surface area contributed by atoms with Gasteiger partial charge >= 0.3 is 0 Å². The van der Waals surface area contributed by atoms with Crippen molar-refractivity contribution in [2.75, 3.05) is 7.11 Å². The van der Waals surface area contributed by atoms with Crippen molar-refractivity contribution in [2.45, 2.75) is 10.2 Å². The molecule has 0 N–H and O–H groups in total. The van der Waals surface area contributed by atoms with Gasteiger partial charge < -0.3 is 4.74 Å². The zero-order chi connectivity index (χ0) is 8.77. The molecular formula is C7H7NO3S. The van der Waals surface area contributed by atoms with Gasteiger partial charge in [0.1, 0.15) is 4.93 Å². The van der Waals surface area contributed by atoms with Gasteiger partial charge in [-0.3, -0.25) is 10.1 Å². The van der Waals surface area contributed by atoms with Gasteiger partial charge in [0, 0.05) is 19.3 Å². The predicted molar refractivity (Wildman–Crippen MR) is 45.3 cm³/mol. The van der Waals surface area contributed by atoms with Crippen molar-refractivity contribution in [1.82, 2.24) is 0 Å². The number of nitro groups is 1. The van der Waals surface area contributed by atoms with E-state index in [1.807, 2.05) is 0 Å². The SMILES string of the molecule is COC12C=CC([N+](=O)[O-])=CC1S2. The van der Waals surface area contributed by atoms with Crippen LogP contribution in [0.4, 0.5) is 0 Å². The molecule has 1 aliphatic heterocycles. The van der Waals surface area contributed by atoms with Crippen LogP contribution < -0.4 is 0 Å². The predicted octanol–water partition coefficient (Wildman–Crippen LogP) is 1.17. The molecule has 0 aromatic rings. The first-order valence-electron chi connectivity index (χ1n) is 3.46. The molecule has 0 bridgehead atoms. The zero-order valence-corrected chi connectivity index (χ0v) is 7.21. The number of rotatable bonds is 2. The van der Waals surface area contributed by atoms with E-state index in [2.05, 4.69) is 0 Å². The third-order valence-corrected chi connectivity index (χ3v) is 3.40. The van der Waals surface area contributed by atoms with Crippen LogP contribution in [0, 0.1) is 10.1 Å². The smallest absolute Gasteiger partial charge is 0.266 e. The molecule has 0 spiro atoms. The summed E-state index contributed by atoms with van der Waals surface area (Å²) < 4.78 is 5.19. The van der Waals surface area contributed by atoms with Crippen LogP contribution in [0.5, 0.6) is 0 Å². The Labute approximate surface area is 73.4 Å². The third-order valence-electron chi connectivity index (χ3n) is 1.99. The highest BCUT2D eigenvalue weighted by Gasteiger charge is 2.56. The van der Waals surface area contributed by atoms with Crippen LogP contribution in [0.2, 0.25) is 0 Å². The fourth-order valence-electron chi connectivity index (χ4n) is 1.21. The lowest BCUT2D eigenvalue weighted by Crippen LogP contribution is -2.16. The van der Waals surface area contributed by atoms with Crippen molar-refractivity contribution < 1.29 is 9.66 Å². The molecule has 0 radical (unpaired) electrons. The van der Waals surface area contributed by atoms with Crippen LogP contribution in [-0.2, 0) is 4.74 Å². The van der Waals surface area contributed by atoms with E-state index in [0.29, 0.717) is 0 Å². The summed E-state index contributed by atoms with van der Waals surface area (Å²) in [6.45, 7) is 0. The number of thioether (sulfide) groups is 1. The van der Waals surface area contributed by atoms with Gasteiger partial charge in [-0.15, -0.1) is 11.8 Å². The molecule has 1 aliphatic carbocycles. The Morgan fingerprint density at radius 2 is 2.58 bits per heavy atom. The second-order valence-electron chi connectivity index (χ2n) is 2.65. The van der Waals surface area contributed by atoms with E-state index in [1.165, 1.54) is 6.08 Å². The van der Waals surface area contributed by atoms with E-state index in [1.54, 1.807) is 31.0 Å². The van der Waals surface area contributed by atoms with Crippen molar-refractivity contribution in [1.29, 1.82) is 0 Å². The van der Waals surface area contributed by atoms with Gasteiger partial charge in [-0.2, -0.15) is 0 Å². The minimum atomic E-state index is -0.380. The molecule has 12 heavy (non-hydrogen) atoms. The Balaban J connectivity index is 2.20. The first-order valence-corrected chi connectivity index (χ1v) is 4.34. The van der Waals surface area contributed by atoms with E-state index in [9.17, 15) is 10.1 Å². The fourth-order valence-corrected chi connectivity index (χ4v) is 2.24. The normalized spacial score (nSPS) is 37.1. The summed E-state index contributed by atoms with van der Waals surface area (Å²) in [5.74, 6) is 0. The van der Waals surface area contributed by atoms with Crippen molar-refractivity contribution in [3.63, 3.8) is 0 Å². The molecule has 4 nitrogen and oxygen atoms in total. The van der Waals surface area contributed by atoms with Crippen LogP contribution >= 0.6 is 11.8 Å². The lowest BCUT2D eigenvalue weighted by Gasteiger charge is -2.08. The van der Waals surface area contributed by atoms with Gasteiger partial charge in [-0.05, 0) is 6.08 Å². The standard InChI is InChI=1S/C7H7NO3S/c1-11-7-3-2-5(8(9)10)4-6(7)12-7/h2-4,6H,1H3. The van der Waals surface area contributed by atoms with Crippen LogP contribution in [0.15, 0.2) is 23.9 Å². The molecule has 1 heterocycles. The average molecular weight is 185 g/mol. The largest absolute Gasteiger partial charge is 0.362 e. The summed E-state index contributed by atoms with van der Waals surface area (Å²) in [5.41, 5.74) is 0.165. The van der Waals surface area contributed by atoms with E-state index in [4.69, 9.17) is 4.74 Å². The maximum absolute atomic E-state index is 10.3. The first-order chi connectivity index (χ1) is 5.68. The minimum Gasteiger partial charge on any atom is -0.362 e. The highest BCUT2D eigenvalue weighted by molar-refractivity contribution is 8.08. The second-order valence-corrected chi connectivity index (χ2v) is 4.03. The summed E-state index contributed by atoms with van der Waals surface area (Å²) in [4.78, 5) is 9.67. The van der Waals surface area contributed by atoms with Gasteiger partial charge in [-0.25, -0.2) is 0 Å². The Morgan fingerprint density at radius 1 is 1.83 bits per heavy atom. The average Bonchev–Trinajstić information content (AvgIpc) is 2.77. The monoisotopic (exact) mass is 185 g/mol. The molecule has 2 unspecified atom stereocenters. The maximum atomic E-state index is 10.3. The van der Waals surface area contributed by atoms with E-state index in [-0.39, 0.29) is 20.8 Å². The molecule has 0 aromatic heterocycles. The molecule has 1 fully saturated rings. The summed E-state index contributed by atoms with van der Waals surface area (Å²) in [5, 5.41) is 10.5. The Kier molecular flexibility index (Phi) is 1.52. The summed E-state index contributed by atoms with van der Waals surface area (Å²) in [7, 11) is 1.61. The molecule has 1 saturated heterocycles. The number of hydrogen-bond donors (Lipinski definition) is 0. The van der Waals surface area contributed by atoms with Gasteiger partial charge in [0.25, 0.3) is 5.70 Å². The Hall–Kier alpha value is -0.810. The number of nitrogens with zero attached hydrogens (tertiary/aromatic N) is 1. The molecule has 2 rings (SSSR count). The Bertz CT molecular complexity index is 299. The van der Waals surface area contributed by atoms with Crippen LogP contribution in [0.3, 0.4) is 0 Å². The summed E-state index contributed by atoms with van der Waals surface area (Å²) in [6, 6.07) is 0. The van der Waals surface area contributed by atoms with E-state index in [0.717, 1.165) is 0 Å². The molecule has 5 heteroatoms. The zero-order valence-electron chi connectivity index (χ0n) is 6.39. The number of hydrogen-bond acceptors (Lipinski definition) is 4. The first kappa shape index (κ1) is 7.82. The minimum absolute atomic E-state index is 0.132. The van der Waals surface area contributed by atoms with Crippen molar-refractivity contribution in [3.8, 4) is 0 Å². The van der Waals surface area contributed by atoms with Crippen molar-refractivity contribution in [2.24, 2.45) is 0 Å². The summed E-state index contributed by atoms with van der Waals surface area (Å²) in [6.07, 6.45) is 4.88. The van der Waals surface area contributed by atoms with Gasteiger partial charge in [0.2, 0.25) is 0 Å². The van der Waals surface area contributed by atoms with Crippen LogP contribution in [0.25, 0.3) is 0 Å². The quantitative estimate of drug-likeness (QED) is 0.368. The number of fused-ring (bicyclic) bond motifs is 1. The second kappa shape index (κ2) is 2.34. The van der Waals surface area contributed by atoms with Crippen molar-refractivity contribution >= 4 is 11.8 Å². The number of methoxy groups -OCH3 is 1. The van der Waals surface area contributed by atoms with Crippen LogP contribution in [-0.4, -0.2) is 22.2 Å². The third kappa shape index (κ3) is 0.971. The molecular weight excluding hydrogens is 178 g/mol. The molecule has 0 amide bonds. The van der Waals surface area contributed by atoms with Gasteiger partial charge in [0.15, 0.2) is 0 Å². The maximum Gasteiger partial charge on any atom is 0.266 e. The number of ether oxygens (including phenoxy) is 1. The van der Waals surface area contributed by atoms with Crippen LogP contribution in [0.1, 0.15) is 0 Å². The Morgan fingerprint density at radius 3 is 3.08 bits per heavy atom. The molecule has 2 aliphatic rings. The van der Waals surface area contributed by atoms with Gasteiger partial charge in [0.05, 0.1) is 10.2 Å². The number of allylic oxidation sites excluding steroid dienone is 1. The topological polar surface area (TPSA) is 52.4 Å². The van der Waals surface area contributed by atoms with E-state index < -0.39 is 0 Å². The molecule has 2 atom stereocenters. The van der Waals surface area contributed by atoms with E-state index >= 15 is 0 Å². The summed E-state index contributed by atoms with van der Waals surface area (Å²) >= 11 is 1.58. The fraction of sp³-hybridized carbons (Fsp3) is 0.429. The van der Waals surface area contributed by atoms with Gasteiger partial charge in [-0.1, -0.05) is 0 Å². The lowest BCUT2D eigenvalue weighted by atomic mass is 10.1. The highest BCUT2D eigenvalue weighted by Crippen LogP contribution is 2.57. The van der Waals surface area contributed by atoms with Crippen molar-refractivity contribution in [3.05, 3.63) is 34.0 Å². The molecule has 64 valence electrons. The lowest BCUT2D eigenvalue weighted by molar-refractivity contribution is -0.419. The highest BCUT2D eigenvalue weighted by atomic mass is 32.2. The molecule has 0 aromatic carbocycles. The molecule has 0 saturated carbocycles.